The number of anilines is 2. The first-order valence-corrected chi connectivity index (χ1v) is 7.81. The molecule has 2 amide bonds. The number of halogens is 1. The molecule has 1 atom stereocenters. The van der Waals surface area contributed by atoms with Crippen LogP contribution >= 0.6 is 11.6 Å². The Hall–Kier alpha value is -3.13. The Kier molecular flexibility index (Phi) is 4.80. The van der Waals surface area contributed by atoms with Crippen LogP contribution in [0.25, 0.3) is 0 Å². The molecule has 0 fully saturated rings. The zero-order valence-electron chi connectivity index (χ0n) is 13.2. The van der Waals surface area contributed by atoms with Gasteiger partial charge < -0.3 is 15.6 Å². The van der Waals surface area contributed by atoms with Crippen LogP contribution < -0.4 is 10.6 Å². The number of hydrogen-bond donors (Lipinski definition) is 3. The molecular weight excluding hydrogens is 344 g/mol. The van der Waals surface area contributed by atoms with Crippen LogP contribution in [0.3, 0.4) is 0 Å². The Labute approximate surface area is 148 Å². The maximum absolute atomic E-state index is 12.2. The van der Waals surface area contributed by atoms with Crippen molar-refractivity contribution in [2.45, 2.75) is 13.0 Å². The smallest absolute Gasteiger partial charge is 0.272 e. The Balaban J connectivity index is 1.60. The first-order chi connectivity index (χ1) is 12.0. The van der Waals surface area contributed by atoms with Crippen molar-refractivity contribution in [1.82, 2.24) is 19.7 Å². The molecule has 3 aromatic rings. The van der Waals surface area contributed by atoms with Crippen molar-refractivity contribution in [3.63, 3.8) is 0 Å². The van der Waals surface area contributed by atoms with E-state index in [2.05, 4.69) is 25.7 Å². The van der Waals surface area contributed by atoms with Gasteiger partial charge in [-0.05, 0) is 37.3 Å². The van der Waals surface area contributed by atoms with Crippen molar-refractivity contribution in [2.24, 2.45) is 0 Å². The van der Waals surface area contributed by atoms with Crippen LogP contribution in [-0.4, -0.2) is 31.6 Å². The molecule has 0 bridgehead atoms. The molecule has 128 valence electrons. The molecule has 0 aliphatic carbocycles. The fourth-order valence-corrected chi connectivity index (χ4v) is 2.28. The molecule has 0 spiro atoms. The Morgan fingerprint density at radius 1 is 1.20 bits per heavy atom. The van der Waals surface area contributed by atoms with Crippen molar-refractivity contribution < 1.29 is 9.59 Å². The molecule has 8 nitrogen and oxygen atoms in total. The summed E-state index contributed by atoms with van der Waals surface area (Å²) in [5.74, 6) is -0.521. The van der Waals surface area contributed by atoms with E-state index < -0.39 is 6.04 Å². The molecule has 9 heteroatoms. The summed E-state index contributed by atoms with van der Waals surface area (Å²) in [6, 6.07) is 7.83. The van der Waals surface area contributed by atoms with Gasteiger partial charge in [-0.15, -0.1) is 0 Å². The standard InChI is InChI=1S/C16H15ClN6O2/c1-10(23-9-18-8-20-23)15(24)21-12-2-4-13(5-3-12)22-16(25)14-6-11(17)7-19-14/h2-10,19H,1H3,(H,21,24)(H,22,25)/t10-/m0/s1. The van der Waals surface area contributed by atoms with Crippen molar-refractivity contribution in [1.29, 1.82) is 0 Å². The second-order valence-corrected chi connectivity index (χ2v) is 5.74. The normalized spacial score (nSPS) is 11.8. The molecule has 1 aromatic carbocycles. The van der Waals surface area contributed by atoms with Gasteiger partial charge in [0.15, 0.2) is 0 Å². The second kappa shape index (κ2) is 7.18. The van der Waals surface area contributed by atoms with E-state index in [1.807, 2.05) is 0 Å². The highest BCUT2D eigenvalue weighted by atomic mass is 35.5. The third-order valence-corrected chi connectivity index (χ3v) is 3.73. The monoisotopic (exact) mass is 358 g/mol. The Morgan fingerprint density at radius 2 is 1.88 bits per heavy atom. The van der Waals surface area contributed by atoms with Gasteiger partial charge in [0.2, 0.25) is 5.91 Å². The lowest BCUT2D eigenvalue weighted by atomic mass is 10.2. The van der Waals surface area contributed by atoms with Crippen LogP contribution in [0.15, 0.2) is 49.2 Å². The number of rotatable bonds is 5. The minimum Gasteiger partial charge on any atom is -0.356 e. The number of aromatic amines is 1. The number of hydrogen-bond acceptors (Lipinski definition) is 4. The van der Waals surface area contributed by atoms with Crippen LogP contribution in [0.2, 0.25) is 5.02 Å². The van der Waals surface area contributed by atoms with Gasteiger partial charge in [-0.1, -0.05) is 11.6 Å². The van der Waals surface area contributed by atoms with Gasteiger partial charge in [0, 0.05) is 17.6 Å². The third kappa shape index (κ3) is 4.04. The molecule has 3 N–H and O–H groups in total. The fourth-order valence-electron chi connectivity index (χ4n) is 2.12. The summed E-state index contributed by atoms with van der Waals surface area (Å²) in [7, 11) is 0. The zero-order chi connectivity index (χ0) is 17.8. The number of amides is 2. The van der Waals surface area contributed by atoms with Crippen LogP contribution in [0.1, 0.15) is 23.5 Å². The lowest BCUT2D eigenvalue weighted by Gasteiger charge is -2.12. The van der Waals surface area contributed by atoms with E-state index in [9.17, 15) is 9.59 Å². The van der Waals surface area contributed by atoms with Crippen molar-refractivity contribution in [2.75, 3.05) is 10.6 Å². The summed E-state index contributed by atoms with van der Waals surface area (Å²) in [6.45, 7) is 1.72. The summed E-state index contributed by atoms with van der Waals surface area (Å²) in [5.41, 5.74) is 1.57. The number of H-pyrrole nitrogens is 1. The van der Waals surface area contributed by atoms with E-state index in [-0.39, 0.29) is 11.8 Å². The van der Waals surface area contributed by atoms with Crippen LogP contribution in [0, 0.1) is 0 Å². The molecule has 0 radical (unpaired) electrons. The van der Waals surface area contributed by atoms with E-state index >= 15 is 0 Å². The summed E-state index contributed by atoms with van der Waals surface area (Å²) >= 11 is 5.78. The van der Waals surface area contributed by atoms with Crippen LogP contribution in [0.4, 0.5) is 11.4 Å². The largest absolute Gasteiger partial charge is 0.356 e. The molecule has 2 heterocycles. The fraction of sp³-hybridized carbons (Fsp3) is 0.125. The predicted molar refractivity (Wildman–Crippen MR) is 93.6 cm³/mol. The van der Waals surface area contributed by atoms with Crippen LogP contribution in [-0.2, 0) is 4.79 Å². The van der Waals surface area contributed by atoms with E-state index in [0.717, 1.165) is 0 Å². The summed E-state index contributed by atoms with van der Waals surface area (Å²) in [4.78, 5) is 30.8. The highest BCUT2D eigenvalue weighted by molar-refractivity contribution is 6.31. The van der Waals surface area contributed by atoms with Gasteiger partial charge in [-0.3, -0.25) is 9.59 Å². The topological polar surface area (TPSA) is 105 Å². The quantitative estimate of drug-likeness (QED) is 0.652. The first-order valence-electron chi connectivity index (χ1n) is 7.43. The number of benzene rings is 1. The van der Waals surface area contributed by atoms with Gasteiger partial charge in [0.25, 0.3) is 5.91 Å². The molecular formula is C16H15ClN6O2. The summed E-state index contributed by atoms with van der Waals surface area (Å²) in [6.07, 6.45) is 4.39. The minimum atomic E-state index is -0.487. The highest BCUT2D eigenvalue weighted by Crippen LogP contribution is 2.17. The molecule has 3 rings (SSSR count). The summed E-state index contributed by atoms with van der Waals surface area (Å²) in [5, 5.41) is 9.92. The molecule has 0 aliphatic heterocycles. The van der Waals surface area contributed by atoms with Crippen molar-refractivity contribution >= 4 is 34.8 Å². The van der Waals surface area contributed by atoms with Gasteiger partial charge >= 0.3 is 0 Å². The van der Waals surface area contributed by atoms with Crippen LogP contribution in [0.5, 0.6) is 0 Å². The van der Waals surface area contributed by atoms with E-state index in [1.165, 1.54) is 29.6 Å². The number of nitrogens with one attached hydrogen (secondary N) is 3. The van der Waals surface area contributed by atoms with E-state index in [1.54, 1.807) is 31.2 Å². The molecule has 0 aliphatic rings. The number of carbonyl (C=O) groups excluding carboxylic acids is 2. The Bertz CT molecular complexity index is 872. The number of nitrogens with zero attached hydrogens (tertiary/aromatic N) is 3. The highest BCUT2D eigenvalue weighted by Gasteiger charge is 2.15. The SMILES string of the molecule is C[C@@H](C(=O)Nc1ccc(NC(=O)c2cc(Cl)c[nH]2)cc1)n1cncn1. The lowest BCUT2D eigenvalue weighted by Crippen LogP contribution is -2.24. The maximum atomic E-state index is 12.2. The van der Waals surface area contributed by atoms with Gasteiger partial charge in [-0.25, -0.2) is 9.67 Å². The Morgan fingerprint density at radius 3 is 2.44 bits per heavy atom. The zero-order valence-corrected chi connectivity index (χ0v) is 14.0. The molecule has 0 saturated heterocycles. The molecule has 0 saturated carbocycles. The van der Waals surface area contributed by atoms with Gasteiger partial charge in [-0.2, -0.15) is 5.10 Å². The van der Waals surface area contributed by atoms with Gasteiger partial charge in [0.05, 0.1) is 5.02 Å². The number of aromatic nitrogens is 4. The maximum Gasteiger partial charge on any atom is 0.272 e. The average molecular weight is 359 g/mol. The van der Waals surface area contributed by atoms with E-state index in [4.69, 9.17) is 11.6 Å². The van der Waals surface area contributed by atoms with E-state index in [0.29, 0.717) is 22.1 Å². The molecule has 25 heavy (non-hydrogen) atoms. The van der Waals surface area contributed by atoms with Crippen molar-refractivity contribution in [3.8, 4) is 0 Å². The average Bonchev–Trinajstić information content (AvgIpc) is 3.27. The summed E-state index contributed by atoms with van der Waals surface area (Å²) < 4.78 is 1.46. The number of carbonyl (C=O) groups is 2. The second-order valence-electron chi connectivity index (χ2n) is 5.30. The minimum absolute atomic E-state index is 0.219. The van der Waals surface area contributed by atoms with Crippen molar-refractivity contribution in [3.05, 3.63) is 59.9 Å². The third-order valence-electron chi connectivity index (χ3n) is 3.52. The molecule has 0 unspecified atom stereocenters. The predicted octanol–water partition coefficient (Wildman–Crippen LogP) is 2.71. The first kappa shape index (κ1) is 16.7. The molecule has 2 aromatic heterocycles. The lowest BCUT2D eigenvalue weighted by molar-refractivity contribution is -0.119. The van der Waals surface area contributed by atoms with Gasteiger partial charge in [0.1, 0.15) is 24.4 Å².